The molecule has 18 heavy (non-hydrogen) atoms. The first kappa shape index (κ1) is 14.3. The molecule has 1 N–H and O–H groups in total. The summed E-state index contributed by atoms with van der Waals surface area (Å²) in [5.41, 5.74) is -0.220. The first-order valence-electron chi connectivity index (χ1n) is 6.14. The lowest BCUT2D eigenvalue weighted by Crippen LogP contribution is -2.41. The second kappa shape index (κ2) is 6.24. The van der Waals surface area contributed by atoms with E-state index in [-0.39, 0.29) is 0 Å². The quantitative estimate of drug-likeness (QED) is 0.752. The maximum absolute atomic E-state index is 11.3. The van der Waals surface area contributed by atoms with Crippen LogP contribution in [0.15, 0.2) is 36.9 Å². The lowest BCUT2D eigenvalue weighted by molar-refractivity contribution is -0.154. The molecule has 1 atom stereocenters. The highest BCUT2D eigenvalue weighted by molar-refractivity contribution is 5.77. The van der Waals surface area contributed by atoms with Crippen LogP contribution >= 0.6 is 0 Å². The van der Waals surface area contributed by atoms with E-state index in [0.717, 1.165) is 12.0 Å². The Hall–Kier alpha value is -1.77. The third kappa shape index (κ3) is 3.36. The first-order valence-corrected chi connectivity index (χ1v) is 6.14. The molecular weight excluding hydrogens is 228 g/mol. The van der Waals surface area contributed by atoms with Gasteiger partial charge in [0.05, 0.1) is 0 Å². The minimum atomic E-state index is -1.17. The Balaban J connectivity index is 3.00. The Morgan fingerprint density at radius 3 is 2.72 bits per heavy atom. The summed E-state index contributed by atoms with van der Waals surface area (Å²) in [5.74, 6) is -0.312. The van der Waals surface area contributed by atoms with E-state index < -0.39 is 11.6 Å². The highest BCUT2D eigenvalue weighted by Crippen LogP contribution is 2.26. The molecule has 3 heteroatoms. The van der Waals surface area contributed by atoms with E-state index >= 15 is 0 Å². The van der Waals surface area contributed by atoms with Crippen LogP contribution in [0.4, 0.5) is 0 Å². The molecular formula is C15H20O3. The molecule has 0 radical (unpaired) electrons. The average Bonchev–Trinajstić information content (AvgIpc) is 2.32. The summed E-state index contributed by atoms with van der Waals surface area (Å²) >= 11 is 0. The highest BCUT2D eigenvalue weighted by atomic mass is 16.5. The van der Waals surface area contributed by atoms with Crippen LogP contribution in [-0.2, 0) is 11.2 Å². The molecule has 1 aromatic rings. The second-order valence-corrected chi connectivity index (χ2v) is 4.49. The fraction of sp³-hybridized carbons (Fsp3) is 0.400. The van der Waals surface area contributed by atoms with Crippen molar-refractivity contribution >= 4 is 5.97 Å². The molecule has 0 aliphatic carbocycles. The zero-order chi connectivity index (χ0) is 13.6. The third-order valence-corrected chi connectivity index (χ3v) is 2.85. The number of carboxylic acid groups (broad SMARTS) is 1. The Morgan fingerprint density at radius 2 is 2.17 bits per heavy atom. The number of para-hydroxylation sites is 1. The van der Waals surface area contributed by atoms with Gasteiger partial charge in [-0.2, -0.15) is 0 Å². The van der Waals surface area contributed by atoms with Gasteiger partial charge in [0.2, 0.25) is 5.60 Å². The van der Waals surface area contributed by atoms with Crippen LogP contribution < -0.4 is 4.74 Å². The number of benzene rings is 1. The molecule has 1 rings (SSSR count). The summed E-state index contributed by atoms with van der Waals surface area (Å²) in [7, 11) is 0. The van der Waals surface area contributed by atoms with Crippen molar-refractivity contribution in [2.45, 2.75) is 38.7 Å². The number of carboxylic acids is 1. The van der Waals surface area contributed by atoms with Crippen LogP contribution in [-0.4, -0.2) is 16.7 Å². The molecule has 1 aromatic carbocycles. The zero-order valence-corrected chi connectivity index (χ0v) is 11.0. The van der Waals surface area contributed by atoms with Crippen LogP contribution in [0.25, 0.3) is 0 Å². The van der Waals surface area contributed by atoms with Gasteiger partial charge in [-0.05, 0) is 31.4 Å². The third-order valence-electron chi connectivity index (χ3n) is 2.85. The van der Waals surface area contributed by atoms with Crippen molar-refractivity contribution in [3.63, 3.8) is 0 Å². The zero-order valence-electron chi connectivity index (χ0n) is 11.0. The van der Waals surface area contributed by atoms with E-state index in [9.17, 15) is 9.90 Å². The van der Waals surface area contributed by atoms with Gasteiger partial charge in [0.25, 0.3) is 0 Å². The summed E-state index contributed by atoms with van der Waals surface area (Å²) in [6.45, 7) is 7.25. The summed E-state index contributed by atoms with van der Waals surface area (Å²) in [6.07, 6.45) is 3.68. The molecule has 0 bridgehead atoms. The van der Waals surface area contributed by atoms with Gasteiger partial charge in [0, 0.05) is 0 Å². The van der Waals surface area contributed by atoms with Gasteiger partial charge in [-0.15, -0.1) is 6.58 Å². The van der Waals surface area contributed by atoms with Gasteiger partial charge in [0.1, 0.15) is 5.75 Å². The summed E-state index contributed by atoms with van der Waals surface area (Å²) in [6, 6.07) is 7.47. The Bertz CT molecular complexity index is 426. The van der Waals surface area contributed by atoms with Crippen LogP contribution in [0, 0.1) is 0 Å². The monoisotopic (exact) mass is 248 g/mol. The number of hydrogen-bond donors (Lipinski definition) is 1. The number of allylic oxidation sites excluding steroid dienone is 1. The lowest BCUT2D eigenvalue weighted by atomic mass is 10.00. The van der Waals surface area contributed by atoms with E-state index in [0.29, 0.717) is 18.6 Å². The molecule has 3 nitrogen and oxygen atoms in total. The minimum Gasteiger partial charge on any atom is -0.478 e. The van der Waals surface area contributed by atoms with Crippen molar-refractivity contribution in [2.24, 2.45) is 0 Å². The van der Waals surface area contributed by atoms with Crippen molar-refractivity contribution < 1.29 is 14.6 Å². The second-order valence-electron chi connectivity index (χ2n) is 4.49. The molecule has 0 amide bonds. The summed E-state index contributed by atoms with van der Waals surface area (Å²) in [5, 5.41) is 9.30. The van der Waals surface area contributed by atoms with Crippen LogP contribution in [0.5, 0.6) is 5.75 Å². The van der Waals surface area contributed by atoms with Crippen LogP contribution in [0.2, 0.25) is 0 Å². The van der Waals surface area contributed by atoms with E-state index in [1.54, 1.807) is 19.1 Å². The Kier molecular flexibility index (Phi) is 4.95. The standard InChI is InChI=1S/C15H20O3/c1-4-8-12-9-6-7-10-13(12)18-15(3,11-5-2)14(16)17/h4,6-7,9-10H,1,5,8,11H2,2-3H3,(H,16,17). The van der Waals surface area contributed by atoms with E-state index in [4.69, 9.17) is 4.74 Å². The largest absolute Gasteiger partial charge is 0.478 e. The first-order chi connectivity index (χ1) is 8.53. The number of rotatable bonds is 7. The molecule has 0 aliphatic rings. The fourth-order valence-electron chi connectivity index (χ4n) is 1.85. The average molecular weight is 248 g/mol. The van der Waals surface area contributed by atoms with Crippen LogP contribution in [0.3, 0.4) is 0 Å². The van der Waals surface area contributed by atoms with E-state index in [2.05, 4.69) is 6.58 Å². The van der Waals surface area contributed by atoms with Gasteiger partial charge in [0.15, 0.2) is 0 Å². The smallest absolute Gasteiger partial charge is 0.347 e. The van der Waals surface area contributed by atoms with Crippen molar-refractivity contribution in [3.8, 4) is 5.75 Å². The number of aliphatic carboxylic acids is 1. The molecule has 0 aliphatic heterocycles. The highest BCUT2D eigenvalue weighted by Gasteiger charge is 2.35. The summed E-state index contributed by atoms with van der Waals surface area (Å²) < 4.78 is 5.74. The molecule has 0 saturated heterocycles. The number of hydrogen-bond acceptors (Lipinski definition) is 2. The number of carbonyl (C=O) groups is 1. The molecule has 0 spiro atoms. The topological polar surface area (TPSA) is 46.5 Å². The Morgan fingerprint density at radius 1 is 1.50 bits per heavy atom. The van der Waals surface area contributed by atoms with Gasteiger partial charge < -0.3 is 9.84 Å². The van der Waals surface area contributed by atoms with Crippen molar-refractivity contribution in [3.05, 3.63) is 42.5 Å². The number of ether oxygens (including phenoxy) is 1. The van der Waals surface area contributed by atoms with Gasteiger partial charge in [-0.1, -0.05) is 37.6 Å². The van der Waals surface area contributed by atoms with E-state index in [1.807, 2.05) is 25.1 Å². The maximum Gasteiger partial charge on any atom is 0.347 e. The molecule has 1 unspecified atom stereocenters. The summed E-state index contributed by atoms with van der Waals surface area (Å²) in [4.78, 5) is 11.3. The minimum absolute atomic E-state index is 0.477. The van der Waals surface area contributed by atoms with Gasteiger partial charge >= 0.3 is 5.97 Å². The van der Waals surface area contributed by atoms with Gasteiger partial charge in [-0.3, -0.25) is 0 Å². The van der Waals surface area contributed by atoms with Crippen LogP contribution in [0.1, 0.15) is 32.3 Å². The normalized spacial score (nSPS) is 13.7. The molecule has 0 aromatic heterocycles. The lowest BCUT2D eigenvalue weighted by Gasteiger charge is -2.27. The molecule has 98 valence electrons. The Labute approximate surface area is 108 Å². The van der Waals surface area contributed by atoms with Crippen molar-refractivity contribution in [1.29, 1.82) is 0 Å². The molecule has 0 fully saturated rings. The van der Waals surface area contributed by atoms with Gasteiger partial charge in [-0.25, -0.2) is 4.79 Å². The maximum atomic E-state index is 11.3. The van der Waals surface area contributed by atoms with E-state index in [1.165, 1.54) is 0 Å². The predicted octanol–water partition coefficient (Wildman–Crippen LogP) is 3.44. The van der Waals surface area contributed by atoms with Crippen molar-refractivity contribution in [2.75, 3.05) is 0 Å². The molecule has 0 saturated carbocycles. The predicted molar refractivity (Wildman–Crippen MR) is 71.9 cm³/mol. The molecule has 0 heterocycles. The fourth-order valence-corrected chi connectivity index (χ4v) is 1.85. The SMILES string of the molecule is C=CCc1ccccc1OC(C)(CCC)C(=O)O. The van der Waals surface area contributed by atoms with Crippen molar-refractivity contribution in [1.82, 2.24) is 0 Å².